The lowest BCUT2D eigenvalue weighted by Gasteiger charge is -2.24. The van der Waals surface area contributed by atoms with Gasteiger partial charge >= 0.3 is 0 Å². The molecule has 1 saturated carbocycles. The van der Waals surface area contributed by atoms with Gasteiger partial charge in [-0.25, -0.2) is 4.68 Å². The topological polar surface area (TPSA) is 38.1 Å². The van der Waals surface area contributed by atoms with E-state index in [1.165, 1.54) is 0 Å². The van der Waals surface area contributed by atoms with E-state index in [0.29, 0.717) is 23.4 Å². The van der Waals surface area contributed by atoms with Gasteiger partial charge in [0.05, 0.1) is 11.4 Å². The van der Waals surface area contributed by atoms with Crippen molar-refractivity contribution in [2.45, 2.75) is 19.4 Å². The number of nitrogens with zero attached hydrogens (tertiary/aromatic N) is 3. The molecule has 3 aromatic rings. The quantitative estimate of drug-likeness (QED) is 0.524. The van der Waals surface area contributed by atoms with Gasteiger partial charge in [-0.15, -0.1) is 0 Å². The summed E-state index contributed by atoms with van der Waals surface area (Å²) in [5, 5.41) is 5.55. The second-order valence-electron chi connectivity index (χ2n) is 8.37. The van der Waals surface area contributed by atoms with Gasteiger partial charge in [0.1, 0.15) is 0 Å². The number of carbonyl (C=O) groups excluding carboxylic acids is 1. The highest BCUT2D eigenvalue weighted by Crippen LogP contribution is 2.44. The molecule has 0 aliphatic heterocycles. The number of hydrogen-bond acceptors (Lipinski definition) is 2. The zero-order valence-corrected chi connectivity index (χ0v) is 17.7. The largest absolute Gasteiger partial charge is 0.341 e. The van der Waals surface area contributed by atoms with E-state index in [4.69, 9.17) is 16.7 Å². The van der Waals surface area contributed by atoms with Gasteiger partial charge in [-0.05, 0) is 48.9 Å². The van der Waals surface area contributed by atoms with Gasteiger partial charge in [0, 0.05) is 41.9 Å². The van der Waals surface area contributed by atoms with Crippen molar-refractivity contribution in [3.05, 3.63) is 83.5 Å². The number of benzene rings is 2. The van der Waals surface area contributed by atoms with E-state index in [2.05, 4.69) is 12.2 Å². The number of carbonyl (C=O) groups is 1. The molecule has 1 amide bonds. The third-order valence-electron chi connectivity index (χ3n) is 6.31. The number of amides is 1. The Kier molecular flexibility index (Phi) is 4.95. The molecule has 2 aliphatic rings. The van der Waals surface area contributed by atoms with Crippen molar-refractivity contribution in [2.24, 2.45) is 17.8 Å². The Morgan fingerprint density at radius 2 is 1.87 bits per heavy atom. The highest BCUT2D eigenvalue weighted by Gasteiger charge is 2.40. The molecule has 152 valence electrons. The fourth-order valence-electron chi connectivity index (χ4n) is 4.77. The molecule has 4 nitrogen and oxygen atoms in total. The summed E-state index contributed by atoms with van der Waals surface area (Å²) in [6, 6.07) is 17.7. The van der Waals surface area contributed by atoms with Gasteiger partial charge in [-0.3, -0.25) is 4.79 Å². The minimum absolute atomic E-state index is 0.119. The average Bonchev–Trinajstić information content (AvgIpc) is 3.50. The SMILES string of the molecule is CN(Cc1cn(-c2ccccc2)nc1-c1ccc(Cl)cc1)C(=O)[C@@H]1C[C@H]2C=C[C@H]1C2. The number of rotatable bonds is 5. The number of hydrogen-bond donors (Lipinski definition) is 0. The van der Waals surface area contributed by atoms with Gasteiger partial charge in [0.15, 0.2) is 0 Å². The van der Waals surface area contributed by atoms with Crippen LogP contribution in [0.5, 0.6) is 0 Å². The van der Waals surface area contributed by atoms with Crippen LogP contribution in [0.3, 0.4) is 0 Å². The van der Waals surface area contributed by atoms with Crippen LogP contribution in [0.1, 0.15) is 18.4 Å². The van der Waals surface area contributed by atoms with Crippen LogP contribution in [0, 0.1) is 17.8 Å². The van der Waals surface area contributed by atoms with Crippen molar-refractivity contribution in [3.8, 4) is 16.9 Å². The first kappa shape index (κ1) is 19.1. The molecular formula is C25H24ClN3O. The minimum Gasteiger partial charge on any atom is -0.341 e. The predicted molar refractivity (Wildman–Crippen MR) is 119 cm³/mol. The number of fused-ring (bicyclic) bond motifs is 2. The molecule has 5 rings (SSSR count). The van der Waals surface area contributed by atoms with Crippen molar-refractivity contribution < 1.29 is 4.79 Å². The fourth-order valence-corrected chi connectivity index (χ4v) is 4.90. The van der Waals surface area contributed by atoms with E-state index in [0.717, 1.165) is 35.3 Å². The van der Waals surface area contributed by atoms with Crippen LogP contribution in [0.15, 0.2) is 72.9 Å². The maximum Gasteiger partial charge on any atom is 0.226 e. The van der Waals surface area contributed by atoms with Crippen LogP contribution in [0.25, 0.3) is 16.9 Å². The molecule has 3 atom stereocenters. The first-order valence-electron chi connectivity index (χ1n) is 10.4. The Labute approximate surface area is 181 Å². The molecule has 0 radical (unpaired) electrons. The van der Waals surface area contributed by atoms with Gasteiger partial charge in [-0.2, -0.15) is 5.10 Å². The molecular weight excluding hydrogens is 394 g/mol. The number of aromatic nitrogens is 2. The summed E-state index contributed by atoms with van der Waals surface area (Å²) in [6.45, 7) is 0.529. The van der Waals surface area contributed by atoms with E-state index in [1.54, 1.807) is 0 Å². The summed E-state index contributed by atoms with van der Waals surface area (Å²) in [7, 11) is 1.91. The molecule has 30 heavy (non-hydrogen) atoms. The molecule has 0 spiro atoms. The van der Waals surface area contributed by atoms with Crippen molar-refractivity contribution in [3.63, 3.8) is 0 Å². The second-order valence-corrected chi connectivity index (χ2v) is 8.81. The first-order valence-corrected chi connectivity index (χ1v) is 10.8. The van der Waals surface area contributed by atoms with Crippen LogP contribution in [0.2, 0.25) is 5.02 Å². The van der Waals surface area contributed by atoms with Gasteiger partial charge in [0.25, 0.3) is 0 Å². The molecule has 0 N–H and O–H groups in total. The average molecular weight is 418 g/mol. The van der Waals surface area contributed by atoms with Crippen molar-refractivity contribution in [1.82, 2.24) is 14.7 Å². The molecule has 1 fully saturated rings. The number of halogens is 1. The van der Waals surface area contributed by atoms with Gasteiger partial charge in [0.2, 0.25) is 5.91 Å². The summed E-state index contributed by atoms with van der Waals surface area (Å²) in [6.07, 6.45) is 8.65. The molecule has 2 aliphatic carbocycles. The van der Waals surface area contributed by atoms with Crippen LogP contribution < -0.4 is 0 Å². The molecule has 0 unspecified atom stereocenters. The molecule has 2 aromatic carbocycles. The minimum atomic E-state index is 0.119. The van der Waals surface area contributed by atoms with E-state index < -0.39 is 0 Å². The Balaban J connectivity index is 1.45. The summed E-state index contributed by atoms with van der Waals surface area (Å²) in [4.78, 5) is 15.0. The Bertz CT molecular complexity index is 1090. The van der Waals surface area contributed by atoms with Gasteiger partial charge < -0.3 is 4.90 Å². The van der Waals surface area contributed by atoms with E-state index >= 15 is 0 Å². The molecule has 0 saturated heterocycles. The normalized spacial score (nSPS) is 21.9. The van der Waals surface area contributed by atoms with Crippen molar-refractivity contribution in [1.29, 1.82) is 0 Å². The van der Waals surface area contributed by atoms with E-state index in [-0.39, 0.29) is 11.8 Å². The fraction of sp³-hybridized carbons (Fsp3) is 0.280. The highest BCUT2D eigenvalue weighted by molar-refractivity contribution is 6.30. The highest BCUT2D eigenvalue weighted by atomic mass is 35.5. The lowest BCUT2D eigenvalue weighted by atomic mass is 9.92. The molecule has 1 heterocycles. The molecule has 1 aromatic heterocycles. The Hall–Kier alpha value is -2.85. The van der Waals surface area contributed by atoms with E-state index in [9.17, 15) is 4.79 Å². The summed E-state index contributed by atoms with van der Waals surface area (Å²) >= 11 is 6.09. The monoisotopic (exact) mass is 417 g/mol. The lowest BCUT2D eigenvalue weighted by molar-refractivity contribution is -0.135. The predicted octanol–water partition coefficient (Wildman–Crippen LogP) is 5.36. The Morgan fingerprint density at radius 1 is 1.10 bits per heavy atom. The van der Waals surface area contributed by atoms with Crippen LogP contribution >= 0.6 is 11.6 Å². The number of allylic oxidation sites excluding steroid dienone is 2. The van der Waals surface area contributed by atoms with Crippen LogP contribution in [0.4, 0.5) is 0 Å². The lowest BCUT2D eigenvalue weighted by Crippen LogP contribution is -2.34. The third kappa shape index (κ3) is 3.56. The smallest absolute Gasteiger partial charge is 0.226 e. The van der Waals surface area contributed by atoms with Crippen molar-refractivity contribution in [2.75, 3.05) is 7.05 Å². The summed E-state index contributed by atoms with van der Waals surface area (Å²) in [5.41, 5.74) is 3.89. The maximum atomic E-state index is 13.2. The molecule has 5 heteroatoms. The number of para-hydroxylation sites is 1. The van der Waals surface area contributed by atoms with Gasteiger partial charge in [-0.1, -0.05) is 54.1 Å². The van der Waals surface area contributed by atoms with E-state index in [1.807, 2.05) is 77.4 Å². The second kappa shape index (κ2) is 7.77. The Morgan fingerprint density at radius 3 is 2.53 bits per heavy atom. The standard InChI is InChI=1S/C25H24ClN3O/c1-28(25(30)23-14-17-7-8-19(23)13-17)15-20-16-29(22-5-3-2-4-6-22)27-24(20)18-9-11-21(26)12-10-18/h2-12,16-17,19,23H,13-15H2,1H3/t17-,19-,23+/m0/s1. The van der Waals surface area contributed by atoms with Crippen molar-refractivity contribution >= 4 is 17.5 Å². The summed E-state index contributed by atoms with van der Waals surface area (Å²) < 4.78 is 1.89. The molecule has 2 bridgehead atoms. The van der Waals surface area contributed by atoms with Crippen LogP contribution in [-0.4, -0.2) is 27.6 Å². The third-order valence-corrected chi connectivity index (χ3v) is 6.56. The van der Waals surface area contributed by atoms with Crippen LogP contribution in [-0.2, 0) is 11.3 Å². The maximum absolute atomic E-state index is 13.2. The zero-order chi connectivity index (χ0) is 20.7. The first-order chi connectivity index (χ1) is 14.6. The summed E-state index contributed by atoms with van der Waals surface area (Å²) in [5.74, 6) is 1.35. The zero-order valence-electron chi connectivity index (χ0n) is 16.9.